The summed E-state index contributed by atoms with van der Waals surface area (Å²) >= 11 is 6.80. The number of nitrogens with one attached hydrogen (secondary N) is 1. The van der Waals surface area contributed by atoms with Crippen molar-refractivity contribution in [1.29, 1.82) is 0 Å². The van der Waals surface area contributed by atoms with Gasteiger partial charge in [0, 0.05) is 30.1 Å². The van der Waals surface area contributed by atoms with Crippen LogP contribution in [-0.4, -0.2) is 52.3 Å². The molecule has 4 heterocycles. The van der Waals surface area contributed by atoms with E-state index in [-0.39, 0.29) is 5.91 Å². The molecule has 0 atom stereocenters. The van der Waals surface area contributed by atoms with Crippen molar-refractivity contribution in [1.82, 2.24) is 35.5 Å². The molecule has 170 valence electrons. The molecule has 3 aromatic heterocycles. The van der Waals surface area contributed by atoms with Crippen LogP contribution in [0, 0.1) is 0 Å². The number of aromatic nitrogens is 6. The number of unbranched alkanes of at least 4 members (excludes halogenated alkanes) is 2. The lowest BCUT2D eigenvalue weighted by atomic mass is 10.1. The molecule has 1 aliphatic rings. The van der Waals surface area contributed by atoms with Crippen molar-refractivity contribution in [3.05, 3.63) is 71.2 Å². The number of fused-ring (bicyclic) bond motifs is 1. The minimum absolute atomic E-state index is 0.0582. The van der Waals surface area contributed by atoms with Crippen molar-refractivity contribution in [2.75, 3.05) is 6.54 Å². The van der Waals surface area contributed by atoms with Crippen LogP contribution in [0.1, 0.15) is 30.8 Å². The number of tetrazole rings is 1. The number of amides is 1. The minimum atomic E-state index is -0.0582. The number of H-pyrrole nitrogens is 1. The number of thiocarbonyl (C=S) groups is 1. The highest BCUT2D eigenvalue weighted by atomic mass is 32.2. The van der Waals surface area contributed by atoms with Gasteiger partial charge in [0.05, 0.1) is 21.8 Å². The Kier molecular flexibility index (Phi) is 6.68. The third-order valence-corrected chi connectivity index (χ3v) is 6.87. The molecule has 8 nitrogen and oxygen atoms in total. The van der Waals surface area contributed by atoms with Crippen LogP contribution in [0.25, 0.3) is 28.2 Å². The summed E-state index contributed by atoms with van der Waals surface area (Å²) in [5, 5.41) is 15.0. The van der Waals surface area contributed by atoms with Gasteiger partial charge in [-0.15, -0.1) is 10.2 Å². The average Bonchev–Trinajstić information content (AvgIpc) is 3.47. The second kappa shape index (κ2) is 10.2. The molecule has 0 unspecified atom stereocenters. The average molecular weight is 488 g/mol. The van der Waals surface area contributed by atoms with E-state index in [1.807, 2.05) is 48.5 Å². The van der Waals surface area contributed by atoms with E-state index in [2.05, 4.69) is 31.7 Å². The number of thioether (sulfide) groups is 1. The first-order chi connectivity index (χ1) is 16.7. The summed E-state index contributed by atoms with van der Waals surface area (Å²) in [7, 11) is 0. The van der Waals surface area contributed by atoms with Crippen molar-refractivity contribution in [2.24, 2.45) is 0 Å². The zero-order valence-corrected chi connectivity index (χ0v) is 19.9. The van der Waals surface area contributed by atoms with Gasteiger partial charge < -0.3 is 0 Å². The Morgan fingerprint density at radius 3 is 2.91 bits per heavy atom. The van der Waals surface area contributed by atoms with Gasteiger partial charge >= 0.3 is 0 Å². The molecule has 5 rings (SSSR count). The molecular weight excluding hydrogens is 466 g/mol. The number of aryl methyl sites for hydroxylation is 1. The quantitative estimate of drug-likeness (QED) is 0.221. The topological polar surface area (TPSA) is 101 Å². The normalized spacial score (nSPS) is 15.1. The number of rotatable bonds is 8. The predicted octanol–water partition coefficient (Wildman–Crippen LogP) is 4.42. The monoisotopic (exact) mass is 487 g/mol. The smallest absolute Gasteiger partial charge is 0.266 e. The summed E-state index contributed by atoms with van der Waals surface area (Å²) < 4.78 is 0.590. The van der Waals surface area contributed by atoms with E-state index in [0.717, 1.165) is 53.5 Å². The number of hydrogen-bond acceptors (Lipinski definition) is 8. The molecule has 0 aliphatic carbocycles. The fraction of sp³-hybridized carbons (Fsp3) is 0.208. The summed E-state index contributed by atoms with van der Waals surface area (Å²) in [6, 6.07) is 15.9. The van der Waals surface area contributed by atoms with Crippen LogP contribution in [0.5, 0.6) is 0 Å². The van der Waals surface area contributed by atoms with E-state index in [1.54, 1.807) is 11.1 Å². The number of nitrogens with zero attached hydrogens (tertiary/aromatic N) is 6. The standard InChI is InChI=1S/C24H21N7OS2/c32-23-21(34-24(33)31(23)13-3-1-2-9-22-27-29-30-28-22)15-18-7-4-8-20(26-18)17-10-11-19-16(14-17)6-5-12-25-19/h4-8,10-12,14-15H,1-3,9,13H2,(H,27,28,29,30). The van der Waals surface area contributed by atoms with Crippen LogP contribution in [0.15, 0.2) is 59.6 Å². The largest absolute Gasteiger partial charge is 0.293 e. The van der Waals surface area contributed by atoms with Crippen molar-refractivity contribution < 1.29 is 4.79 Å². The number of aromatic amines is 1. The molecule has 1 saturated heterocycles. The van der Waals surface area contributed by atoms with Crippen molar-refractivity contribution >= 4 is 51.2 Å². The third-order valence-electron chi connectivity index (χ3n) is 5.49. The van der Waals surface area contributed by atoms with E-state index in [9.17, 15) is 4.79 Å². The second-order valence-corrected chi connectivity index (χ2v) is 9.51. The second-order valence-electron chi connectivity index (χ2n) is 7.83. The maximum atomic E-state index is 13.0. The van der Waals surface area contributed by atoms with Gasteiger partial charge in [-0.25, -0.2) is 4.98 Å². The van der Waals surface area contributed by atoms with Gasteiger partial charge in [0.25, 0.3) is 5.91 Å². The fourth-order valence-electron chi connectivity index (χ4n) is 3.77. The molecule has 4 aromatic rings. The van der Waals surface area contributed by atoms with Gasteiger partial charge in [-0.1, -0.05) is 53.8 Å². The van der Waals surface area contributed by atoms with Crippen LogP contribution >= 0.6 is 24.0 Å². The number of hydrogen-bond donors (Lipinski definition) is 1. The molecule has 34 heavy (non-hydrogen) atoms. The Hall–Kier alpha value is -3.50. The highest BCUT2D eigenvalue weighted by Crippen LogP contribution is 2.33. The maximum Gasteiger partial charge on any atom is 0.266 e. The Bertz CT molecular complexity index is 1370. The SMILES string of the molecule is O=C1C(=Cc2cccc(-c3ccc4ncccc4c3)n2)SC(=S)N1CCCCCc1nn[nH]n1. The highest BCUT2D eigenvalue weighted by molar-refractivity contribution is 8.26. The van der Waals surface area contributed by atoms with Crippen LogP contribution in [0.3, 0.4) is 0 Å². The first-order valence-electron chi connectivity index (χ1n) is 11.0. The lowest BCUT2D eigenvalue weighted by molar-refractivity contribution is -0.122. The third kappa shape index (κ3) is 5.02. The van der Waals surface area contributed by atoms with Crippen LogP contribution < -0.4 is 0 Å². The molecule has 1 fully saturated rings. The minimum Gasteiger partial charge on any atom is -0.293 e. The van der Waals surface area contributed by atoms with Gasteiger partial charge in [0.1, 0.15) is 4.32 Å². The first-order valence-corrected chi connectivity index (χ1v) is 12.2. The van der Waals surface area contributed by atoms with Crippen LogP contribution in [0.4, 0.5) is 0 Å². The molecule has 1 aromatic carbocycles. The van der Waals surface area contributed by atoms with Gasteiger partial charge in [-0.05, 0) is 49.2 Å². The Balaban J connectivity index is 1.24. The van der Waals surface area contributed by atoms with E-state index in [1.165, 1.54) is 11.8 Å². The zero-order valence-electron chi connectivity index (χ0n) is 18.2. The molecule has 1 amide bonds. The summed E-state index contributed by atoms with van der Waals surface area (Å²) in [4.78, 5) is 24.4. The lowest BCUT2D eigenvalue weighted by Gasteiger charge is -2.13. The summed E-state index contributed by atoms with van der Waals surface area (Å²) in [5.74, 6) is 0.654. The highest BCUT2D eigenvalue weighted by Gasteiger charge is 2.31. The molecule has 1 aliphatic heterocycles. The van der Waals surface area contributed by atoms with Crippen molar-refractivity contribution in [2.45, 2.75) is 25.7 Å². The van der Waals surface area contributed by atoms with Gasteiger partial charge in [-0.3, -0.25) is 14.7 Å². The fourth-order valence-corrected chi connectivity index (χ4v) is 5.07. The molecule has 0 bridgehead atoms. The van der Waals surface area contributed by atoms with Crippen LogP contribution in [0.2, 0.25) is 0 Å². The number of pyridine rings is 2. The molecule has 0 spiro atoms. The molecule has 1 N–H and O–H groups in total. The zero-order chi connectivity index (χ0) is 23.3. The van der Waals surface area contributed by atoms with E-state index in [0.29, 0.717) is 21.6 Å². The Morgan fingerprint density at radius 1 is 1.09 bits per heavy atom. The van der Waals surface area contributed by atoms with Crippen LogP contribution in [-0.2, 0) is 11.2 Å². The first kappa shape index (κ1) is 22.3. The van der Waals surface area contributed by atoms with E-state index < -0.39 is 0 Å². The number of carbonyl (C=O) groups excluding carboxylic acids is 1. The number of benzene rings is 1. The van der Waals surface area contributed by atoms with E-state index in [4.69, 9.17) is 17.2 Å². The van der Waals surface area contributed by atoms with Crippen molar-refractivity contribution in [3.63, 3.8) is 0 Å². The van der Waals surface area contributed by atoms with Crippen molar-refractivity contribution in [3.8, 4) is 11.3 Å². The van der Waals surface area contributed by atoms with Gasteiger partial charge in [-0.2, -0.15) is 5.21 Å². The molecule has 0 saturated carbocycles. The Morgan fingerprint density at radius 2 is 2.03 bits per heavy atom. The van der Waals surface area contributed by atoms with Gasteiger partial charge in [0.15, 0.2) is 5.82 Å². The van der Waals surface area contributed by atoms with Gasteiger partial charge in [0.2, 0.25) is 0 Å². The summed E-state index contributed by atoms with van der Waals surface area (Å²) in [6.07, 6.45) is 7.13. The lowest BCUT2D eigenvalue weighted by Crippen LogP contribution is -2.29. The summed E-state index contributed by atoms with van der Waals surface area (Å²) in [6.45, 7) is 0.604. The molecular formula is C24H21N7OS2. The maximum absolute atomic E-state index is 13.0. The predicted molar refractivity (Wildman–Crippen MR) is 137 cm³/mol. The number of carbonyl (C=O) groups is 1. The summed E-state index contributed by atoms with van der Waals surface area (Å²) in [5.41, 5.74) is 3.52. The van der Waals surface area contributed by atoms with E-state index >= 15 is 0 Å². The molecule has 0 radical (unpaired) electrons. The Labute approximate surface area is 205 Å². The molecule has 10 heteroatoms.